The Kier molecular flexibility index (Phi) is 6.85. The highest BCUT2D eigenvalue weighted by atomic mass is 16.5. The molecular formula is C24H26N2O3. The first-order valence-corrected chi connectivity index (χ1v) is 9.79. The second kappa shape index (κ2) is 9.73. The van der Waals surface area contributed by atoms with Crippen LogP contribution in [0.5, 0.6) is 11.5 Å². The van der Waals surface area contributed by atoms with Crippen molar-refractivity contribution in [2.24, 2.45) is 0 Å². The zero-order valence-electron chi connectivity index (χ0n) is 17.1. The second-order valence-electron chi connectivity index (χ2n) is 6.66. The van der Waals surface area contributed by atoms with Gasteiger partial charge in [0, 0.05) is 24.5 Å². The van der Waals surface area contributed by atoms with Crippen LogP contribution < -0.4 is 14.8 Å². The second-order valence-corrected chi connectivity index (χ2v) is 6.66. The normalized spacial score (nSPS) is 10.4. The van der Waals surface area contributed by atoms with Crippen molar-refractivity contribution < 1.29 is 14.3 Å². The van der Waals surface area contributed by atoms with E-state index in [1.54, 1.807) is 12.4 Å². The molecule has 0 aliphatic rings. The van der Waals surface area contributed by atoms with E-state index < -0.39 is 0 Å². The summed E-state index contributed by atoms with van der Waals surface area (Å²) in [4.78, 5) is 16.9. The van der Waals surface area contributed by atoms with Crippen LogP contribution in [0.15, 0.2) is 60.9 Å². The number of carbonyl (C=O) groups is 1. The monoisotopic (exact) mass is 390 g/mol. The molecule has 150 valence electrons. The molecule has 0 aliphatic carbocycles. The molecule has 2 aromatic carbocycles. The highest BCUT2D eigenvalue weighted by molar-refractivity contribution is 5.95. The number of hydrogen-bond donors (Lipinski definition) is 1. The highest BCUT2D eigenvalue weighted by Gasteiger charge is 2.10. The molecule has 0 atom stereocenters. The maximum atomic E-state index is 12.6. The molecule has 1 amide bonds. The Morgan fingerprint density at radius 1 is 0.897 bits per heavy atom. The Morgan fingerprint density at radius 2 is 1.62 bits per heavy atom. The van der Waals surface area contributed by atoms with Gasteiger partial charge in [-0.05, 0) is 50.1 Å². The molecule has 5 heteroatoms. The lowest BCUT2D eigenvalue weighted by Crippen LogP contribution is -2.23. The minimum absolute atomic E-state index is 0.168. The smallest absolute Gasteiger partial charge is 0.253 e. The molecule has 0 saturated carbocycles. The Labute approximate surface area is 171 Å². The third-order valence-corrected chi connectivity index (χ3v) is 4.45. The van der Waals surface area contributed by atoms with E-state index >= 15 is 0 Å². The average molecular weight is 390 g/mol. The van der Waals surface area contributed by atoms with Crippen LogP contribution in [-0.4, -0.2) is 24.1 Å². The van der Waals surface area contributed by atoms with Gasteiger partial charge in [-0.3, -0.25) is 9.78 Å². The van der Waals surface area contributed by atoms with Gasteiger partial charge in [-0.2, -0.15) is 0 Å². The van der Waals surface area contributed by atoms with Crippen molar-refractivity contribution in [2.75, 3.05) is 13.2 Å². The van der Waals surface area contributed by atoms with E-state index in [0.29, 0.717) is 36.8 Å². The van der Waals surface area contributed by atoms with Gasteiger partial charge in [0.25, 0.3) is 5.91 Å². The van der Waals surface area contributed by atoms with Gasteiger partial charge in [0.05, 0.1) is 18.8 Å². The number of benzene rings is 2. The maximum absolute atomic E-state index is 12.6. The van der Waals surface area contributed by atoms with E-state index in [0.717, 1.165) is 16.7 Å². The number of aromatic nitrogens is 1. The number of carbonyl (C=O) groups excluding carboxylic acids is 1. The molecular weight excluding hydrogens is 364 g/mol. The van der Waals surface area contributed by atoms with Crippen LogP contribution in [0.2, 0.25) is 0 Å². The molecule has 0 aliphatic heterocycles. The SMILES string of the molecule is CCOc1ccc(CNC(=O)c2cncc(-c3ccc(C)cc3)c2)cc1OCC. The average Bonchev–Trinajstić information content (AvgIpc) is 2.74. The molecule has 29 heavy (non-hydrogen) atoms. The molecule has 1 N–H and O–H groups in total. The molecule has 1 aromatic heterocycles. The van der Waals surface area contributed by atoms with Gasteiger partial charge in [0.15, 0.2) is 11.5 Å². The van der Waals surface area contributed by atoms with Crippen molar-refractivity contribution >= 4 is 5.91 Å². The van der Waals surface area contributed by atoms with Gasteiger partial charge >= 0.3 is 0 Å². The molecule has 0 radical (unpaired) electrons. The molecule has 0 unspecified atom stereocenters. The molecule has 0 spiro atoms. The standard InChI is InChI=1S/C24H26N2O3/c1-4-28-22-11-8-18(12-23(22)29-5-2)14-26-24(27)21-13-20(15-25-16-21)19-9-6-17(3)7-10-19/h6-13,15-16H,4-5,14H2,1-3H3,(H,26,27). The molecule has 0 bridgehead atoms. The number of pyridine rings is 1. The zero-order valence-corrected chi connectivity index (χ0v) is 17.1. The molecule has 1 heterocycles. The Balaban J connectivity index is 1.70. The zero-order chi connectivity index (χ0) is 20.6. The minimum atomic E-state index is -0.168. The molecule has 0 saturated heterocycles. The number of rotatable bonds is 8. The van der Waals surface area contributed by atoms with Gasteiger partial charge in [0.1, 0.15) is 0 Å². The van der Waals surface area contributed by atoms with Crippen molar-refractivity contribution in [1.82, 2.24) is 10.3 Å². The summed E-state index contributed by atoms with van der Waals surface area (Å²) in [7, 11) is 0. The summed E-state index contributed by atoms with van der Waals surface area (Å²) < 4.78 is 11.2. The first-order valence-electron chi connectivity index (χ1n) is 9.79. The summed E-state index contributed by atoms with van der Waals surface area (Å²) >= 11 is 0. The van der Waals surface area contributed by atoms with Crippen LogP contribution in [0, 0.1) is 6.92 Å². The van der Waals surface area contributed by atoms with Crippen molar-refractivity contribution in [1.29, 1.82) is 0 Å². The summed E-state index contributed by atoms with van der Waals surface area (Å²) in [5.74, 6) is 1.22. The third kappa shape index (κ3) is 5.35. The van der Waals surface area contributed by atoms with E-state index in [9.17, 15) is 4.79 Å². The van der Waals surface area contributed by atoms with Gasteiger partial charge in [0.2, 0.25) is 0 Å². The first kappa shape index (κ1) is 20.4. The Morgan fingerprint density at radius 3 is 2.34 bits per heavy atom. The Bertz CT molecular complexity index is 968. The number of ether oxygens (including phenoxy) is 2. The molecule has 5 nitrogen and oxygen atoms in total. The van der Waals surface area contributed by atoms with Crippen LogP contribution >= 0.6 is 0 Å². The van der Waals surface area contributed by atoms with Crippen LogP contribution in [-0.2, 0) is 6.54 Å². The molecule has 3 aromatic rings. The van der Waals surface area contributed by atoms with Crippen LogP contribution in [0.3, 0.4) is 0 Å². The highest BCUT2D eigenvalue weighted by Crippen LogP contribution is 2.28. The predicted molar refractivity (Wildman–Crippen MR) is 114 cm³/mol. The fourth-order valence-electron chi connectivity index (χ4n) is 2.96. The van der Waals surface area contributed by atoms with Gasteiger partial charge in [-0.25, -0.2) is 0 Å². The van der Waals surface area contributed by atoms with Crippen LogP contribution in [0.25, 0.3) is 11.1 Å². The lowest BCUT2D eigenvalue weighted by Gasteiger charge is -2.13. The first-order chi connectivity index (χ1) is 14.1. The topological polar surface area (TPSA) is 60.5 Å². The lowest BCUT2D eigenvalue weighted by molar-refractivity contribution is 0.0950. The third-order valence-electron chi connectivity index (χ3n) is 4.45. The fourth-order valence-corrected chi connectivity index (χ4v) is 2.96. The summed E-state index contributed by atoms with van der Waals surface area (Å²) in [6, 6.07) is 15.7. The van der Waals surface area contributed by atoms with E-state index in [-0.39, 0.29) is 5.91 Å². The lowest BCUT2D eigenvalue weighted by atomic mass is 10.0. The number of hydrogen-bond acceptors (Lipinski definition) is 4. The maximum Gasteiger partial charge on any atom is 0.253 e. The molecule has 3 rings (SSSR count). The van der Waals surface area contributed by atoms with E-state index in [1.165, 1.54) is 5.56 Å². The number of nitrogens with one attached hydrogen (secondary N) is 1. The quantitative estimate of drug-likeness (QED) is 0.601. The van der Waals surface area contributed by atoms with Crippen molar-refractivity contribution in [3.8, 4) is 22.6 Å². The van der Waals surface area contributed by atoms with Crippen molar-refractivity contribution in [2.45, 2.75) is 27.3 Å². The summed E-state index contributed by atoms with van der Waals surface area (Å²) in [5.41, 5.74) is 4.60. The van der Waals surface area contributed by atoms with E-state index in [4.69, 9.17) is 9.47 Å². The van der Waals surface area contributed by atoms with Gasteiger partial charge < -0.3 is 14.8 Å². The largest absolute Gasteiger partial charge is 0.490 e. The van der Waals surface area contributed by atoms with E-state index in [2.05, 4.69) is 10.3 Å². The number of aryl methyl sites for hydroxylation is 1. The summed E-state index contributed by atoms with van der Waals surface area (Å²) in [6.07, 6.45) is 3.35. The summed E-state index contributed by atoms with van der Waals surface area (Å²) in [5, 5.41) is 2.95. The van der Waals surface area contributed by atoms with Crippen LogP contribution in [0.1, 0.15) is 35.3 Å². The number of nitrogens with zero attached hydrogens (tertiary/aromatic N) is 1. The number of amides is 1. The van der Waals surface area contributed by atoms with Gasteiger partial charge in [-0.15, -0.1) is 0 Å². The van der Waals surface area contributed by atoms with E-state index in [1.807, 2.05) is 69.3 Å². The minimum Gasteiger partial charge on any atom is -0.490 e. The summed E-state index contributed by atoms with van der Waals surface area (Å²) in [6.45, 7) is 7.42. The fraction of sp³-hybridized carbons (Fsp3) is 0.250. The molecule has 0 fully saturated rings. The van der Waals surface area contributed by atoms with Crippen molar-refractivity contribution in [3.05, 3.63) is 77.6 Å². The van der Waals surface area contributed by atoms with Gasteiger partial charge in [-0.1, -0.05) is 35.9 Å². The van der Waals surface area contributed by atoms with Crippen molar-refractivity contribution in [3.63, 3.8) is 0 Å². The van der Waals surface area contributed by atoms with Crippen LogP contribution in [0.4, 0.5) is 0 Å². The predicted octanol–water partition coefficient (Wildman–Crippen LogP) is 4.78. The Hall–Kier alpha value is -3.34.